The summed E-state index contributed by atoms with van der Waals surface area (Å²) in [7, 11) is 3.96. The third-order valence-corrected chi connectivity index (χ3v) is 11.5. The molecule has 1 saturated heterocycles. The van der Waals surface area contributed by atoms with E-state index in [9.17, 15) is 9.59 Å². The van der Waals surface area contributed by atoms with E-state index in [4.69, 9.17) is 80.9 Å². The number of aliphatic carboxylic acids is 1. The van der Waals surface area contributed by atoms with Crippen LogP contribution in [0.2, 0.25) is 0 Å². The molecule has 1 atom stereocenters. The summed E-state index contributed by atoms with van der Waals surface area (Å²) in [5.74, 6) is 0.486. The molecule has 20 nitrogen and oxygen atoms in total. The molecule has 0 radical (unpaired) electrons. The first-order valence-electron chi connectivity index (χ1n) is 23.2. The number of rotatable bonds is 56. The summed E-state index contributed by atoms with van der Waals surface area (Å²) in [6.45, 7) is 15.4. The van der Waals surface area contributed by atoms with Crippen LogP contribution in [0.1, 0.15) is 38.5 Å². The van der Waals surface area contributed by atoms with Crippen molar-refractivity contribution in [3.05, 3.63) is 0 Å². The smallest absolute Gasteiger partial charge is 0.305 e. The van der Waals surface area contributed by atoms with Gasteiger partial charge in [0, 0.05) is 24.0 Å². The van der Waals surface area contributed by atoms with E-state index in [0.29, 0.717) is 218 Å². The van der Waals surface area contributed by atoms with E-state index in [1.54, 1.807) is 0 Å². The molecule has 0 unspecified atom stereocenters. The Labute approximate surface area is 395 Å². The van der Waals surface area contributed by atoms with Crippen LogP contribution in [0, 0.1) is 0 Å². The topological polar surface area (TPSA) is 214 Å². The molecule has 0 aromatic heterocycles. The van der Waals surface area contributed by atoms with Crippen LogP contribution in [0.4, 0.5) is 0 Å². The van der Waals surface area contributed by atoms with Gasteiger partial charge in [0.2, 0.25) is 5.91 Å². The summed E-state index contributed by atoms with van der Waals surface area (Å²) in [5.41, 5.74) is 0. The van der Waals surface area contributed by atoms with Gasteiger partial charge in [0.1, 0.15) is 0 Å². The number of carboxylic acids is 1. The average Bonchev–Trinajstić information content (AvgIpc) is 3.83. The Kier molecular flexibility index (Phi) is 51.5. The molecular weight excluding hydrogens is 899 g/mol. The van der Waals surface area contributed by atoms with Gasteiger partial charge in [0.25, 0.3) is 0 Å². The fourth-order valence-corrected chi connectivity index (χ4v) is 8.16. The molecular formula is C43H83NO19S2. The van der Waals surface area contributed by atoms with E-state index < -0.39 is 5.97 Å². The van der Waals surface area contributed by atoms with Crippen LogP contribution in [0.15, 0.2) is 0 Å². The lowest BCUT2D eigenvalue weighted by Crippen LogP contribution is -2.27. The number of carbonyl (C=O) groups excluding carboxylic acids is 1. The normalized spacial score (nSPS) is 13.9. The second-order valence-corrected chi connectivity index (χ2v) is 16.7. The van der Waals surface area contributed by atoms with Crippen LogP contribution in [0.5, 0.6) is 0 Å². The third-order valence-electron chi connectivity index (χ3n) is 8.52. The summed E-state index contributed by atoms with van der Waals surface area (Å²) in [6.07, 6.45) is 5.18. The van der Waals surface area contributed by atoms with Gasteiger partial charge in [-0.15, -0.1) is 0 Å². The molecule has 1 aliphatic heterocycles. The zero-order valence-electron chi connectivity index (χ0n) is 39.0. The molecule has 0 aromatic carbocycles. The number of carbonyl (C=O) groups is 2. The second kappa shape index (κ2) is 53.9. The maximum absolute atomic E-state index is 11.9. The fraction of sp³-hybridized carbons (Fsp3) is 0.953. The summed E-state index contributed by atoms with van der Waals surface area (Å²) in [5, 5.41) is 12.2. The molecule has 65 heavy (non-hydrogen) atoms. The van der Waals surface area contributed by atoms with Crippen LogP contribution in [-0.4, -0.2) is 246 Å². The van der Waals surface area contributed by atoms with Gasteiger partial charge in [-0.3, -0.25) is 9.59 Å². The Morgan fingerprint density at radius 3 is 0.923 bits per heavy atom. The third kappa shape index (κ3) is 52.2. The average molecular weight is 982 g/mol. The Hall–Kier alpha value is -1.00. The number of amides is 1. The fourth-order valence-electron chi connectivity index (χ4n) is 5.13. The number of hydrogen-bond donors (Lipinski definition) is 2. The van der Waals surface area contributed by atoms with E-state index in [2.05, 4.69) is 5.32 Å². The molecule has 0 aromatic rings. The van der Waals surface area contributed by atoms with Gasteiger partial charge < -0.3 is 86.2 Å². The Morgan fingerprint density at radius 2 is 0.662 bits per heavy atom. The number of ether oxygens (including phenoxy) is 16. The molecule has 2 N–H and O–H groups in total. The molecule has 386 valence electrons. The second-order valence-electron chi connectivity index (χ2n) is 13.9. The van der Waals surface area contributed by atoms with Crippen molar-refractivity contribution in [2.24, 2.45) is 0 Å². The highest BCUT2D eigenvalue weighted by atomic mass is 33.1. The summed E-state index contributed by atoms with van der Waals surface area (Å²) >= 11 is 0. The SMILES string of the molecule is O=C(O)CCOCCOCCOCCOCCOCCOCCOCCOCCOCCOCCOCCOCCOCCOCCOCCOCCNC(=O)CCCC[C@H]1CCSS1. The molecule has 0 bridgehead atoms. The number of hydrogen-bond acceptors (Lipinski definition) is 20. The monoisotopic (exact) mass is 982 g/mol. The number of unbranched alkanes of at least 4 members (excludes halogenated alkanes) is 1. The highest BCUT2D eigenvalue weighted by Crippen LogP contribution is 2.39. The minimum absolute atomic E-state index is 0.00740. The zero-order chi connectivity index (χ0) is 46.5. The van der Waals surface area contributed by atoms with E-state index in [1.807, 2.05) is 21.6 Å². The Balaban J connectivity index is 1.60. The van der Waals surface area contributed by atoms with Crippen molar-refractivity contribution in [1.29, 1.82) is 0 Å². The highest BCUT2D eigenvalue weighted by Gasteiger charge is 2.15. The van der Waals surface area contributed by atoms with Crippen molar-refractivity contribution in [1.82, 2.24) is 5.32 Å². The van der Waals surface area contributed by atoms with Gasteiger partial charge >= 0.3 is 5.97 Å². The molecule has 1 heterocycles. The molecule has 0 aliphatic carbocycles. The molecule has 22 heteroatoms. The van der Waals surface area contributed by atoms with E-state index in [1.165, 1.54) is 18.6 Å². The largest absolute Gasteiger partial charge is 0.481 e. The van der Waals surface area contributed by atoms with Crippen LogP contribution >= 0.6 is 21.6 Å². The van der Waals surface area contributed by atoms with Crippen LogP contribution in [0.3, 0.4) is 0 Å². The molecule has 1 rings (SSSR count). The van der Waals surface area contributed by atoms with E-state index >= 15 is 0 Å². The number of carboxylic acid groups (broad SMARTS) is 1. The van der Waals surface area contributed by atoms with Gasteiger partial charge in [-0.2, -0.15) is 0 Å². The predicted molar refractivity (Wildman–Crippen MR) is 245 cm³/mol. The van der Waals surface area contributed by atoms with Crippen molar-refractivity contribution in [3.8, 4) is 0 Å². The predicted octanol–water partition coefficient (Wildman–Crippen LogP) is 2.56. The minimum Gasteiger partial charge on any atom is -0.481 e. The van der Waals surface area contributed by atoms with E-state index in [-0.39, 0.29) is 18.9 Å². The first-order valence-corrected chi connectivity index (χ1v) is 25.6. The van der Waals surface area contributed by atoms with Gasteiger partial charge in [-0.25, -0.2) is 0 Å². The zero-order valence-corrected chi connectivity index (χ0v) is 40.6. The minimum atomic E-state index is -0.878. The highest BCUT2D eigenvalue weighted by molar-refractivity contribution is 8.77. The first kappa shape index (κ1) is 62.0. The molecule has 1 amide bonds. The van der Waals surface area contributed by atoms with E-state index in [0.717, 1.165) is 18.1 Å². The Morgan fingerprint density at radius 1 is 0.385 bits per heavy atom. The lowest BCUT2D eigenvalue weighted by atomic mass is 10.1. The lowest BCUT2D eigenvalue weighted by molar-refractivity contribution is -0.138. The van der Waals surface area contributed by atoms with Crippen molar-refractivity contribution >= 4 is 33.5 Å². The molecule has 0 saturated carbocycles. The lowest BCUT2D eigenvalue weighted by Gasteiger charge is -2.09. The van der Waals surface area contributed by atoms with Gasteiger partial charge in [-0.05, 0) is 19.3 Å². The Bertz CT molecular complexity index is 980. The van der Waals surface area contributed by atoms with Gasteiger partial charge in [-0.1, -0.05) is 28.0 Å². The molecule has 1 aliphatic rings. The summed E-state index contributed by atoms with van der Waals surface area (Å²) < 4.78 is 87.3. The van der Waals surface area contributed by atoms with Crippen molar-refractivity contribution in [2.45, 2.75) is 43.8 Å². The van der Waals surface area contributed by atoms with Crippen molar-refractivity contribution in [2.75, 3.05) is 224 Å². The number of nitrogens with one attached hydrogen (secondary N) is 1. The van der Waals surface area contributed by atoms with Crippen LogP contribution in [-0.2, 0) is 85.4 Å². The summed E-state index contributed by atoms with van der Waals surface area (Å²) in [6, 6.07) is 0. The van der Waals surface area contributed by atoms with Crippen LogP contribution in [0.25, 0.3) is 0 Å². The quantitative estimate of drug-likeness (QED) is 0.0662. The summed E-state index contributed by atoms with van der Waals surface area (Å²) in [4.78, 5) is 22.3. The van der Waals surface area contributed by atoms with Gasteiger partial charge in [0.05, 0.1) is 218 Å². The molecule has 0 spiro atoms. The van der Waals surface area contributed by atoms with Crippen LogP contribution < -0.4 is 5.32 Å². The van der Waals surface area contributed by atoms with Crippen molar-refractivity contribution in [3.63, 3.8) is 0 Å². The first-order chi connectivity index (χ1) is 32.2. The van der Waals surface area contributed by atoms with Gasteiger partial charge in [0.15, 0.2) is 0 Å². The maximum atomic E-state index is 11.9. The van der Waals surface area contributed by atoms with Crippen molar-refractivity contribution < 1.29 is 90.5 Å². The standard InChI is InChI=1S/C43H83NO19S2/c45-42(4-2-1-3-41-6-40-64-65-41)44-7-9-49-11-13-51-15-17-53-19-21-55-23-25-57-27-29-59-31-33-61-35-37-63-39-38-62-36-34-60-32-30-58-28-26-56-24-22-54-20-18-52-16-14-50-12-10-48-8-5-43(46)47/h41H,1-40H2,(H,44,45)(H,46,47)/t41-/m0/s1. The molecule has 1 fully saturated rings. The maximum Gasteiger partial charge on any atom is 0.305 e.